The van der Waals surface area contributed by atoms with E-state index in [1.807, 2.05) is 23.6 Å². The van der Waals surface area contributed by atoms with Crippen molar-refractivity contribution in [1.82, 2.24) is 9.38 Å². The van der Waals surface area contributed by atoms with Crippen molar-refractivity contribution in [2.75, 3.05) is 5.73 Å². The maximum absolute atomic E-state index is 5.90. The van der Waals surface area contributed by atoms with Crippen LogP contribution in [-0.4, -0.2) is 9.38 Å². The lowest BCUT2D eigenvalue weighted by molar-refractivity contribution is 1.17. The molecule has 0 amide bonds. The highest BCUT2D eigenvalue weighted by atomic mass is 15.0. The molecule has 3 heteroatoms. The Bertz CT molecular complexity index is 813. The van der Waals surface area contributed by atoms with Gasteiger partial charge in [0.1, 0.15) is 5.65 Å². The average Bonchev–Trinajstić information content (AvgIpc) is 2.77. The van der Waals surface area contributed by atoms with Gasteiger partial charge in [-0.05, 0) is 62.1 Å². The van der Waals surface area contributed by atoms with E-state index < -0.39 is 0 Å². The van der Waals surface area contributed by atoms with Crippen LogP contribution in [0.1, 0.15) is 22.3 Å². The van der Waals surface area contributed by atoms with Gasteiger partial charge in [0.2, 0.25) is 0 Å². The van der Waals surface area contributed by atoms with Crippen molar-refractivity contribution in [2.24, 2.45) is 0 Å². The van der Waals surface area contributed by atoms with E-state index in [4.69, 9.17) is 10.7 Å². The van der Waals surface area contributed by atoms with Crippen molar-refractivity contribution in [3.8, 4) is 11.3 Å². The standard InChI is InChI=1S/C17H19N3/c1-10-5-12(3)15(7-11(10)2)16-9-20-8-14(18)6-13(4)17(20)19-16/h5-9H,18H2,1-4H3. The Morgan fingerprint density at radius 1 is 0.850 bits per heavy atom. The van der Waals surface area contributed by atoms with Gasteiger partial charge in [-0.1, -0.05) is 6.07 Å². The minimum absolute atomic E-state index is 0.760. The van der Waals surface area contributed by atoms with Crippen molar-refractivity contribution in [1.29, 1.82) is 0 Å². The Hall–Kier alpha value is -2.29. The van der Waals surface area contributed by atoms with E-state index in [1.165, 1.54) is 22.3 Å². The molecule has 0 fully saturated rings. The number of aromatic nitrogens is 2. The molecule has 3 aromatic rings. The zero-order chi connectivity index (χ0) is 14.4. The Labute approximate surface area is 119 Å². The molecule has 0 spiro atoms. The average molecular weight is 265 g/mol. The van der Waals surface area contributed by atoms with Crippen LogP contribution in [0, 0.1) is 27.7 Å². The van der Waals surface area contributed by atoms with Crippen LogP contribution >= 0.6 is 0 Å². The van der Waals surface area contributed by atoms with Crippen molar-refractivity contribution >= 4 is 11.3 Å². The molecule has 0 radical (unpaired) electrons. The fourth-order valence-electron chi connectivity index (χ4n) is 2.66. The van der Waals surface area contributed by atoms with Crippen molar-refractivity contribution in [3.63, 3.8) is 0 Å². The lowest BCUT2D eigenvalue weighted by Gasteiger charge is -2.07. The van der Waals surface area contributed by atoms with Crippen LogP contribution in [0.2, 0.25) is 0 Å². The highest BCUT2D eigenvalue weighted by Gasteiger charge is 2.10. The van der Waals surface area contributed by atoms with Gasteiger partial charge in [0.25, 0.3) is 0 Å². The molecule has 0 unspecified atom stereocenters. The summed E-state index contributed by atoms with van der Waals surface area (Å²) in [6.07, 6.45) is 3.96. The van der Waals surface area contributed by atoms with Crippen LogP contribution in [-0.2, 0) is 0 Å². The number of nitrogen functional groups attached to an aromatic ring is 1. The molecule has 0 atom stereocenters. The minimum Gasteiger partial charge on any atom is -0.398 e. The summed E-state index contributed by atoms with van der Waals surface area (Å²) in [6, 6.07) is 6.39. The Kier molecular flexibility index (Phi) is 2.78. The quantitative estimate of drug-likeness (QED) is 0.727. The molecule has 2 N–H and O–H groups in total. The highest BCUT2D eigenvalue weighted by molar-refractivity contribution is 5.69. The summed E-state index contributed by atoms with van der Waals surface area (Å²) < 4.78 is 2.01. The van der Waals surface area contributed by atoms with Gasteiger partial charge in [0, 0.05) is 23.6 Å². The summed E-state index contributed by atoms with van der Waals surface area (Å²) in [5, 5.41) is 0. The topological polar surface area (TPSA) is 43.3 Å². The zero-order valence-electron chi connectivity index (χ0n) is 12.4. The zero-order valence-corrected chi connectivity index (χ0v) is 12.4. The number of aryl methyl sites for hydroxylation is 4. The maximum atomic E-state index is 5.90. The summed E-state index contributed by atoms with van der Waals surface area (Å²) in [4.78, 5) is 4.76. The molecule has 0 saturated heterocycles. The molecule has 0 aliphatic carbocycles. The SMILES string of the molecule is Cc1cc(C)c(-c2cn3cc(N)cc(C)c3n2)cc1C. The second-order valence-corrected chi connectivity index (χ2v) is 5.56. The maximum Gasteiger partial charge on any atom is 0.140 e. The number of nitrogens with two attached hydrogens (primary N) is 1. The smallest absolute Gasteiger partial charge is 0.140 e. The van der Waals surface area contributed by atoms with Crippen molar-refractivity contribution < 1.29 is 0 Å². The first-order valence-electron chi connectivity index (χ1n) is 6.79. The van der Waals surface area contributed by atoms with Crippen LogP contribution in [0.3, 0.4) is 0 Å². The number of nitrogens with zero attached hydrogens (tertiary/aromatic N) is 2. The lowest BCUT2D eigenvalue weighted by atomic mass is 9.99. The molecule has 2 aromatic heterocycles. The fourth-order valence-corrected chi connectivity index (χ4v) is 2.66. The minimum atomic E-state index is 0.760. The molecule has 0 saturated carbocycles. The third kappa shape index (κ3) is 1.95. The number of pyridine rings is 1. The summed E-state index contributed by atoms with van der Waals surface area (Å²) >= 11 is 0. The molecule has 102 valence electrons. The summed E-state index contributed by atoms with van der Waals surface area (Å²) in [5.41, 5.74) is 14.8. The van der Waals surface area contributed by atoms with E-state index in [1.54, 1.807) is 0 Å². The van der Waals surface area contributed by atoms with Gasteiger partial charge in [-0.3, -0.25) is 0 Å². The van der Waals surface area contributed by atoms with E-state index in [0.29, 0.717) is 0 Å². The van der Waals surface area contributed by atoms with Crippen LogP contribution in [0.5, 0.6) is 0 Å². The van der Waals surface area contributed by atoms with Crippen LogP contribution < -0.4 is 5.73 Å². The molecule has 20 heavy (non-hydrogen) atoms. The van der Waals surface area contributed by atoms with E-state index in [9.17, 15) is 0 Å². The van der Waals surface area contributed by atoms with Crippen molar-refractivity contribution in [2.45, 2.75) is 27.7 Å². The van der Waals surface area contributed by atoms with Crippen LogP contribution in [0.15, 0.2) is 30.6 Å². The largest absolute Gasteiger partial charge is 0.398 e. The predicted molar refractivity (Wildman–Crippen MR) is 84.0 cm³/mol. The molecule has 3 nitrogen and oxygen atoms in total. The molecule has 0 aliphatic heterocycles. The predicted octanol–water partition coefficient (Wildman–Crippen LogP) is 3.82. The van der Waals surface area contributed by atoms with Gasteiger partial charge >= 0.3 is 0 Å². The van der Waals surface area contributed by atoms with Gasteiger partial charge in [0.05, 0.1) is 5.69 Å². The molecule has 1 aromatic carbocycles. The molecule has 3 rings (SSSR count). The molecule has 0 aliphatic rings. The molecule has 0 bridgehead atoms. The number of fused-ring (bicyclic) bond motifs is 1. The van der Waals surface area contributed by atoms with Gasteiger partial charge in [-0.2, -0.15) is 0 Å². The summed E-state index contributed by atoms with van der Waals surface area (Å²) in [6.45, 7) is 8.45. The Morgan fingerprint density at radius 2 is 1.55 bits per heavy atom. The first-order valence-corrected chi connectivity index (χ1v) is 6.79. The number of anilines is 1. The van der Waals surface area contributed by atoms with E-state index in [0.717, 1.165) is 22.6 Å². The number of imidazole rings is 1. The third-order valence-corrected chi connectivity index (χ3v) is 3.87. The first-order chi connectivity index (χ1) is 9.45. The second kappa shape index (κ2) is 4.37. The van der Waals surface area contributed by atoms with Gasteiger partial charge in [-0.15, -0.1) is 0 Å². The lowest BCUT2D eigenvalue weighted by Crippen LogP contribution is -1.92. The third-order valence-electron chi connectivity index (χ3n) is 3.87. The van der Waals surface area contributed by atoms with E-state index >= 15 is 0 Å². The first kappa shape index (κ1) is 12.7. The van der Waals surface area contributed by atoms with E-state index in [2.05, 4.69) is 39.1 Å². The number of benzene rings is 1. The van der Waals surface area contributed by atoms with Gasteiger partial charge in [0.15, 0.2) is 0 Å². The second-order valence-electron chi connectivity index (χ2n) is 5.56. The normalized spacial score (nSPS) is 11.2. The van der Waals surface area contributed by atoms with E-state index in [-0.39, 0.29) is 0 Å². The highest BCUT2D eigenvalue weighted by Crippen LogP contribution is 2.27. The van der Waals surface area contributed by atoms with Crippen LogP contribution in [0.4, 0.5) is 5.69 Å². The number of rotatable bonds is 1. The summed E-state index contributed by atoms with van der Waals surface area (Å²) in [7, 11) is 0. The molecular weight excluding hydrogens is 246 g/mol. The fraction of sp³-hybridized carbons (Fsp3) is 0.235. The van der Waals surface area contributed by atoms with Gasteiger partial charge < -0.3 is 10.1 Å². The number of hydrogen-bond donors (Lipinski definition) is 1. The number of hydrogen-bond acceptors (Lipinski definition) is 2. The van der Waals surface area contributed by atoms with Gasteiger partial charge in [-0.25, -0.2) is 4.98 Å². The van der Waals surface area contributed by atoms with Crippen molar-refractivity contribution in [3.05, 3.63) is 52.8 Å². The Balaban J connectivity index is 2.25. The monoisotopic (exact) mass is 265 g/mol. The summed E-state index contributed by atoms with van der Waals surface area (Å²) in [5.74, 6) is 0. The van der Waals surface area contributed by atoms with Crippen LogP contribution in [0.25, 0.3) is 16.9 Å². The molecular formula is C17H19N3. The Morgan fingerprint density at radius 3 is 2.30 bits per heavy atom. The molecule has 2 heterocycles.